The van der Waals surface area contributed by atoms with Gasteiger partial charge in [-0.25, -0.2) is 0 Å². The van der Waals surface area contributed by atoms with Crippen LogP contribution in [0.2, 0.25) is 0 Å². The number of aryl methyl sites for hydroxylation is 2. The molecule has 1 rings (SSSR count). The maximum Gasteiger partial charge on any atom is 0.454 e. The maximum atomic E-state index is 11.4. The largest absolute Gasteiger partial charge is 0.501 e. The van der Waals surface area contributed by atoms with E-state index < -0.39 is 12.0 Å². The molecule has 1 heterocycles. The topological polar surface area (TPSA) is 44.1 Å². The summed E-state index contributed by atoms with van der Waals surface area (Å²) in [5.74, 6) is -1.91. The van der Waals surface area contributed by atoms with Crippen molar-refractivity contribution in [2.24, 2.45) is 0 Å². The van der Waals surface area contributed by atoms with Gasteiger partial charge in [-0.15, -0.1) is 0 Å². The van der Waals surface area contributed by atoms with Gasteiger partial charge in [-0.2, -0.15) is 18.3 Å². The molecule has 0 N–H and O–H groups in total. The minimum Gasteiger partial charge on any atom is -0.501 e. The number of allylic oxidation sites excluding steroid dienone is 1. The van der Waals surface area contributed by atoms with Gasteiger partial charge < -0.3 is 4.74 Å². The van der Waals surface area contributed by atoms with Gasteiger partial charge in [-0.1, -0.05) is 0 Å². The maximum absolute atomic E-state index is 11.4. The van der Waals surface area contributed by atoms with Crippen LogP contribution in [-0.2, 0) is 16.1 Å². The summed E-state index contributed by atoms with van der Waals surface area (Å²) >= 11 is 0. The van der Waals surface area contributed by atoms with Gasteiger partial charge in [0.15, 0.2) is 0 Å². The highest BCUT2D eigenvalue weighted by Gasteiger charge is 2.36. The highest BCUT2D eigenvalue weighted by Crippen LogP contribution is 2.16. The van der Waals surface area contributed by atoms with Crippen LogP contribution in [0.5, 0.6) is 0 Å². The first-order valence-electron chi connectivity index (χ1n) is 5.70. The van der Waals surface area contributed by atoms with Crippen molar-refractivity contribution >= 4 is 5.78 Å². The smallest absolute Gasteiger partial charge is 0.454 e. The molecule has 0 aliphatic rings. The minimum atomic E-state index is -4.80. The number of carbonyl (C=O) groups is 1. The molecule has 0 atom stereocenters. The fourth-order valence-electron chi connectivity index (χ4n) is 1.03. The third-order valence-electron chi connectivity index (χ3n) is 1.99. The SMILES string of the molecule is CCO/C=C/C(=O)C(F)(F)F.CCn1nccc1C. The third kappa shape index (κ3) is 7.28. The van der Waals surface area contributed by atoms with E-state index >= 15 is 0 Å². The molecule has 0 radical (unpaired) electrons. The van der Waals surface area contributed by atoms with Gasteiger partial charge in [-0.3, -0.25) is 9.48 Å². The molecule has 108 valence electrons. The van der Waals surface area contributed by atoms with Crippen molar-refractivity contribution in [2.45, 2.75) is 33.5 Å². The Balaban J connectivity index is 0.000000356. The van der Waals surface area contributed by atoms with Gasteiger partial charge in [0, 0.05) is 24.5 Å². The second-order valence-electron chi connectivity index (χ2n) is 3.41. The molecule has 19 heavy (non-hydrogen) atoms. The fraction of sp³-hybridized carbons (Fsp3) is 0.500. The second-order valence-corrected chi connectivity index (χ2v) is 3.41. The predicted octanol–water partition coefficient (Wildman–Crippen LogP) is 2.88. The highest BCUT2D eigenvalue weighted by molar-refractivity contribution is 5.94. The number of ketones is 1. The van der Waals surface area contributed by atoms with Gasteiger partial charge in [0.05, 0.1) is 12.9 Å². The molecule has 0 aromatic carbocycles. The zero-order valence-electron chi connectivity index (χ0n) is 11.1. The van der Waals surface area contributed by atoms with Crippen molar-refractivity contribution in [3.05, 3.63) is 30.3 Å². The number of hydrogen-bond donors (Lipinski definition) is 0. The third-order valence-corrected chi connectivity index (χ3v) is 1.99. The second kappa shape index (κ2) is 8.34. The molecule has 0 saturated carbocycles. The lowest BCUT2D eigenvalue weighted by Crippen LogP contribution is -2.19. The van der Waals surface area contributed by atoms with Crippen LogP contribution in [0.1, 0.15) is 19.5 Å². The van der Waals surface area contributed by atoms with E-state index in [4.69, 9.17) is 0 Å². The molecular formula is C12H17F3N2O2. The van der Waals surface area contributed by atoms with E-state index in [-0.39, 0.29) is 6.61 Å². The van der Waals surface area contributed by atoms with E-state index in [2.05, 4.69) is 23.7 Å². The van der Waals surface area contributed by atoms with Crippen LogP contribution in [0.15, 0.2) is 24.6 Å². The number of rotatable bonds is 4. The van der Waals surface area contributed by atoms with E-state index in [9.17, 15) is 18.0 Å². The van der Waals surface area contributed by atoms with Crippen molar-refractivity contribution < 1.29 is 22.7 Å². The molecule has 1 aromatic rings. The summed E-state index contributed by atoms with van der Waals surface area (Å²) in [7, 11) is 0. The number of halogens is 3. The summed E-state index contributed by atoms with van der Waals surface area (Å²) in [5, 5.41) is 4.05. The van der Waals surface area contributed by atoms with Crippen LogP contribution < -0.4 is 0 Å². The van der Waals surface area contributed by atoms with E-state index in [1.54, 1.807) is 6.92 Å². The molecule has 7 heteroatoms. The Kier molecular flexibility index (Phi) is 7.55. The van der Waals surface area contributed by atoms with Crippen molar-refractivity contribution in [3.8, 4) is 0 Å². The molecular weight excluding hydrogens is 261 g/mol. The summed E-state index contributed by atoms with van der Waals surface area (Å²) in [5.41, 5.74) is 1.23. The Morgan fingerprint density at radius 3 is 2.42 bits per heavy atom. The predicted molar refractivity (Wildman–Crippen MR) is 64.5 cm³/mol. The quantitative estimate of drug-likeness (QED) is 0.628. The molecule has 0 amide bonds. The number of hydrogen-bond acceptors (Lipinski definition) is 3. The van der Waals surface area contributed by atoms with E-state index in [0.717, 1.165) is 12.8 Å². The van der Waals surface area contributed by atoms with Gasteiger partial charge in [-0.05, 0) is 26.8 Å². The average Bonchev–Trinajstić information content (AvgIpc) is 2.74. The average molecular weight is 278 g/mol. The summed E-state index contributed by atoms with van der Waals surface area (Å²) in [6.07, 6.45) is -1.90. The van der Waals surface area contributed by atoms with Gasteiger partial charge in [0.1, 0.15) is 0 Å². The molecule has 0 saturated heterocycles. The van der Waals surface area contributed by atoms with Crippen molar-refractivity contribution in [1.82, 2.24) is 9.78 Å². The molecule has 0 unspecified atom stereocenters. The summed E-state index contributed by atoms with van der Waals surface area (Å²) in [4.78, 5) is 10.0. The number of alkyl halides is 3. The van der Waals surface area contributed by atoms with Gasteiger partial charge in [0.2, 0.25) is 0 Å². The fourth-order valence-corrected chi connectivity index (χ4v) is 1.03. The summed E-state index contributed by atoms with van der Waals surface area (Å²) in [6, 6.07) is 2.00. The molecule has 0 bridgehead atoms. The number of aromatic nitrogens is 2. The highest BCUT2D eigenvalue weighted by atomic mass is 19.4. The first-order valence-corrected chi connectivity index (χ1v) is 5.70. The lowest BCUT2D eigenvalue weighted by Gasteiger charge is -1.98. The Bertz CT molecular complexity index is 411. The normalized spacial score (nSPS) is 11.1. The van der Waals surface area contributed by atoms with Crippen LogP contribution in [0.3, 0.4) is 0 Å². The van der Waals surface area contributed by atoms with Crippen molar-refractivity contribution in [2.75, 3.05) is 6.61 Å². The molecule has 4 nitrogen and oxygen atoms in total. The number of nitrogens with zero attached hydrogens (tertiary/aromatic N) is 2. The minimum absolute atomic E-state index is 0.238. The molecule has 1 aromatic heterocycles. The zero-order chi connectivity index (χ0) is 14.9. The van der Waals surface area contributed by atoms with Crippen LogP contribution >= 0.6 is 0 Å². The van der Waals surface area contributed by atoms with Crippen molar-refractivity contribution in [1.29, 1.82) is 0 Å². The van der Waals surface area contributed by atoms with Crippen LogP contribution in [-0.4, -0.2) is 28.3 Å². The lowest BCUT2D eigenvalue weighted by atomic mass is 10.4. The Hall–Kier alpha value is -1.79. The summed E-state index contributed by atoms with van der Waals surface area (Å²) < 4.78 is 40.6. The molecule has 0 spiro atoms. The first kappa shape index (κ1) is 17.2. The van der Waals surface area contributed by atoms with E-state index in [1.807, 2.05) is 16.9 Å². The number of ether oxygens (including phenoxy) is 1. The Labute approximate surface area is 109 Å². The Morgan fingerprint density at radius 1 is 1.47 bits per heavy atom. The standard InChI is InChI=1S/C6H7F3O2.C6H10N2/c1-2-11-4-3-5(10)6(7,8)9;1-3-8-6(2)4-5-7-8/h3-4H,2H2,1H3;4-5H,3H2,1-2H3/b4-3+;. The molecule has 0 fully saturated rings. The lowest BCUT2D eigenvalue weighted by molar-refractivity contribution is -0.165. The Morgan fingerprint density at radius 2 is 2.11 bits per heavy atom. The number of carbonyl (C=O) groups excluding carboxylic acids is 1. The van der Waals surface area contributed by atoms with E-state index in [1.165, 1.54) is 5.69 Å². The van der Waals surface area contributed by atoms with Crippen LogP contribution in [0, 0.1) is 6.92 Å². The summed E-state index contributed by atoms with van der Waals surface area (Å²) in [6.45, 7) is 6.94. The van der Waals surface area contributed by atoms with Crippen LogP contribution in [0.4, 0.5) is 13.2 Å². The van der Waals surface area contributed by atoms with E-state index in [0.29, 0.717) is 6.08 Å². The first-order chi connectivity index (χ1) is 8.82. The molecule has 0 aliphatic heterocycles. The van der Waals surface area contributed by atoms with Crippen LogP contribution in [0.25, 0.3) is 0 Å². The monoisotopic (exact) mass is 278 g/mol. The van der Waals surface area contributed by atoms with Gasteiger partial charge in [0.25, 0.3) is 5.78 Å². The molecule has 0 aliphatic carbocycles. The van der Waals surface area contributed by atoms with Gasteiger partial charge >= 0.3 is 6.18 Å². The zero-order valence-corrected chi connectivity index (χ0v) is 11.1. The van der Waals surface area contributed by atoms with Crippen molar-refractivity contribution in [3.63, 3.8) is 0 Å².